The predicted octanol–water partition coefficient (Wildman–Crippen LogP) is 4.20. The van der Waals surface area contributed by atoms with Crippen LogP contribution in [0.3, 0.4) is 0 Å². The van der Waals surface area contributed by atoms with Crippen LogP contribution in [0.4, 0.5) is 4.39 Å². The first-order chi connectivity index (χ1) is 5.71. The predicted molar refractivity (Wildman–Crippen MR) is 53.0 cm³/mol. The topological polar surface area (TPSA) is 0 Å². The molecule has 0 amide bonds. The molecule has 0 fully saturated rings. The first kappa shape index (κ1) is 11.9. The minimum atomic E-state index is -0.574. The third-order valence-corrected chi connectivity index (χ3v) is 3.00. The molecule has 0 bridgehead atoms. The zero-order chi connectivity index (χ0) is 9.56. The maximum Gasteiger partial charge on any atom is 0.106 e. The fourth-order valence-electron chi connectivity index (χ4n) is 1.86. The van der Waals surface area contributed by atoms with Gasteiger partial charge in [-0.05, 0) is 11.8 Å². The molecule has 0 aliphatic carbocycles. The summed E-state index contributed by atoms with van der Waals surface area (Å²) in [6.45, 7) is 8.35. The molecule has 0 aromatic rings. The van der Waals surface area contributed by atoms with Crippen LogP contribution in [0.25, 0.3) is 0 Å². The lowest BCUT2D eigenvalue weighted by molar-refractivity contribution is 0.135. The van der Waals surface area contributed by atoms with Crippen molar-refractivity contribution in [3.8, 4) is 0 Å². The SMILES string of the molecule is CCC(CC)C(F)C(CC)CC. The first-order valence-corrected chi connectivity index (χ1v) is 5.35. The van der Waals surface area contributed by atoms with Gasteiger partial charge < -0.3 is 0 Å². The van der Waals surface area contributed by atoms with E-state index in [1.807, 2.05) is 0 Å². The Bertz CT molecular complexity index is 81.2. The Morgan fingerprint density at radius 2 is 1.00 bits per heavy atom. The van der Waals surface area contributed by atoms with Crippen LogP contribution in [0, 0.1) is 11.8 Å². The number of alkyl halides is 1. The van der Waals surface area contributed by atoms with Crippen LogP contribution in [-0.4, -0.2) is 6.17 Å². The van der Waals surface area contributed by atoms with Gasteiger partial charge in [-0.2, -0.15) is 0 Å². The van der Waals surface area contributed by atoms with Gasteiger partial charge in [-0.25, -0.2) is 4.39 Å². The van der Waals surface area contributed by atoms with Gasteiger partial charge in [0.15, 0.2) is 0 Å². The molecule has 12 heavy (non-hydrogen) atoms. The van der Waals surface area contributed by atoms with Gasteiger partial charge in [0.05, 0.1) is 0 Å². The molecule has 74 valence electrons. The highest BCUT2D eigenvalue weighted by atomic mass is 19.1. The molecule has 0 radical (unpaired) electrons. The summed E-state index contributed by atoms with van der Waals surface area (Å²) < 4.78 is 13.7. The monoisotopic (exact) mass is 174 g/mol. The molecule has 0 saturated heterocycles. The van der Waals surface area contributed by atoms with Crippen molar-refractivity contribution in [1.82, 2.24) is 0 Å². The maximum absolute atomic E-state index is 13.7. The quantitative estimate of drug-likeness (QED) is 0.566. The summed E-state index contributed by atoms with van der Waals surface area (Å²) in [5, 5.41) is 0. The second-order valence-corrected chi connectivity index (χ2v) is 3.60. The number of rotatable bonds is 6. The fourth-order valence-corrected chi connectivity index (χ4v) is 1.86. The van der Waals surface area contributed by atoms with Crippen molar-refractivity contribution in [3.05, 3.63) is 0 Å². The Kier molecular flexibility index (Phi) is 6.41. The van der Waals surface area contributed by atoms with Crippen molar-refractivity contribution >= 4 is 0 Å². The van der Waals surface area contributed by atoms with Crippen molar-refractivity contribution < 1.29 is 4.39 Å². The average molecular weight is 174 g/mol. The number of halogens is 1. The molecule has 0 atom stereocenters. The Hall–Kier alpha value is -0.0700. The van der Waals surface area contributed by atoms with Crippen LogP contribution in [0.2, 0.25) is 0 Å². The third kappa shape index (κ3) is 3.12. The van der Waals surface area contributed by atoms with E-state index in [0.717, 1.165) is 25.7 Å². The minimum Gasteiger partial charge on any atom is -0.247 e. The van der Waals surface area contributed by atoms with Crippen molar-refractivity contribution in [2.75, 3.05) is 0 Å². The zero-order valence-corrected chi connectivity index (χ0v) is 8.94. The highest BCUT2D eigenvalue weighted by molar-refractivity contribution is 4.73. The summed E-state index contributed by atoms with van der Waals surface area (Å²) in [5.41, 5.74) is 0. The molecule has 0 rings (SSSR count). The van der Waals surface area contributed by atoms with Gasteiger partial charge in [-0.1, -0.05) is 53.4 Å². The molecular formula is C11H23F. The largest absolute Gasteiger partial charge is 0.247 e. The third-order valence-electron chi connectivity index (χ3n) is 3.00. The molecule has 1 heteroatoms. The Morgan fingerprint density at radius 1 is 0.750 bits per heavy atom. The molecular weight excluding hydrogens is 151 g/mol. The van der Waals surface area contributed by atoms with Crippen LogP contribution in [0.15, 0.2) is 0 Å². The van der Waals surface area contributed by atoms with E-state index in [-0.39, 0.29) is 11.8 Å². The lowest BCUT2D eigenvalue weighted by atomic mass is 9.85. The van der Waals surface area contributed by atoms with Gasteiger partial charge in [-0.15, -0.1) is 0 Å². The molecule has 0 heterocycles. The van der Waals surface area contributed by atoms with Crippen LogP contribution in [0.5, 0.6) is 0 Å². The second-order valence-electron chi connectivity index (χ2n) is 3.60. The van der Waals surface area contributed by atoms with E-state index in [4.69, 9.17) is 0 Å². The van der Waals surface area contributed by atoms with E-state index < -0.39 is 6.17 Å². The van der Waals surface area contributed by atoms with Crippen LogP contribution < -0.4 is 0 Å². The second kappa shape index (κ2) is 6.45. The lowest BCUT2D eigenvalue weighted by Crippen LogP contribution is -2.23. The summed E-state index contributed by atoms with van der Waals surface area (Å²) in [6, 6.07) is 0. The van der Waals surface area contributed by atoms with Gasteiger partial charge in [0.2, 0.25) is 0 Å². The summed E-state index contributed by atoms with van der Waals surface area (Å²) in [5.74, 6) is 0.574. The van der Waals surface area contributed by atoms with Crippen LogP contribution in [-0.2, 0) is 0 Å². The number of hydrogen-bond acceptors (Lipinski definition) is 0. The van der Waals surface area contributed by atoms with Crippen molar-refractivity contribution in [1.29, 1.82) is 0 Å². The summed E-state index contributed by atoms with van der Waals surface area (Å²) in [6.07, 6.45) is 3.35. The van der Waals surface area contributed by atoms with Crippen LogP contribution in [0.1, 0.15) is 53.4 Å². The maximum atomic E-state index is 13.7. The smallest absolute Gasteiger partial charge is 0.106 e. The van der Waals surface area contributed by atoms with E-state index in [2.05, 4.69) is 27.7 Å². The molecule has 0 spiro atoms. The first-order valence-electron chi connectivity index (χ1n) is 5.35. The normalized spacial score (nSPS) is 12.0. The summed E-state index contributed by atoms with van der Waals surface area (Å²) in [4.78, 5) is 0. The van der Waals surface area contributed by atoms with E-state index >= 15 is 0 Å². The van der Waals surface area contributed by atoms with E-state index in [9.17, 15) is 4.39 Å². The minimum absolute atomic E-state index is 0.287. The Labute approximate surface area is 76.6 Å². The Balaban J connectivity index is 4.02. The highest BCUT2D eigenvalue weighted by Crippen LogP contribution is 2.27. The molecule has 0 unspecified atom stereocenters. The fraction of sp³-hybridized carbons (Fsp3) is 1.00. The molecule has 0 aromatic heterocycles. The summed E-state index contributed by atoms with van der Waals surface area (Å²) >= 11 is 0. The molecule has 0 N–H and O–H groups in total. The van der Waals surface area contributed by atoms with Crippen LogP contribution >= 0.6 is 0 Å². The average Bonchev–Trinajstić information content (AvgIpc) is 2.09. The highest BCUT2D eigenvalue weighted by Gasteiger charge is 2.24. The lowest BCUT2D eigenvalue weighted by Gasteiger charge is -2.24. The van der Waals surface area contributed by atoms with E-state index in [0.29, 0.717) is 0 Å². The molecule has 0 nitrogen and oxygen atoms in total. The van der Waals surface area contributed by atoms with E-state index in [1.54, 1.807) is 0 Å². The summed E-state index contributed by atoms with van der Waals surface area (Å²) in [7, 11) is 0. The van der Waals surface area contributed by atoms with E-state index in [1.165, 1.54) is 0 Å². The molecule has 0 saturated carbocycles. The van der Waals surface area contributed by atoms with Crippen molar-refractivity contribution in [2.45, 2.75) is 59.5 Å². The van der Waals surface area contributed by atoms with Gasteiger partial charge in [0.1, 0.15) is 6.17 Å². The standard InChI is InChI=1S/C11H23F/c1-5-9(6-2)11(12)10(7-3)8-4/h9-11H,5-8H2,1-4H3. The van der Waals surface area contributed by atoms with Crippen molar-refractivity contribution in [2.24, 2.45) is 11.8 Å². The van der Waals surface area contributed by atoms with Crippen molar-refractivity contribution in [3.63, 3.8) is 0 Å². The zero-order valence-electron chi connectivity index (χ0n) is 8.94. The van der Waals surface area contributed by atoms with Gasteiger partial charge in [0, 0.05) is 0 Å². The number of hydrogen-bond donors (Lipinski definition) is 0. The molecule has 0 aromatic carbocycles. The van der Waals surface area contributed by atoms with Gasteiger partial charge >= 0.3 is 0 Å². The van der Waals surface area contributed by atoms with Gasteiger partial charge in [-0.3, -0.25) is 0 Å². The van der Waals surface area contributed by atoms with Gasteiger partial charge in [0.25, 0.3) is 0 Å². The Morgan fingerprint density at radius 3 is 1.17 bits per heavy atom. The molecule has 0 aliphatic heterocycles. The molecule has 0 aliphatic rings.